The quantitative estimate of drug-likeness (QED) is 0.823. The SMILES string of the molecule is Cc1ccccc1C=O.O=Cc1ccccc1O. The lowest BCUT2D eigenvalue weighted by Crippen LogP contribution is -1.82. The summed E-state index contributed by atoms with van der Waals surface area (Å²) in [4.78, 5) is 20.3. The van der Waals surface area contributed by atoms with Gasteiger partial charge in [-0.1, -0.05) is 36.4 Å². The predicted octanol–water partition coefficient (Wildman–Crippen LogP) is 3.01. The van der Waals surface area contributed by atoms with Gasteiger partial charge in [-0.15, -0.1) is 0 Å². The van der Waals surface area contributed by atoms with Crippen LogP contribution in [0.4, 0.5) is 0 Å². The zero-order valence-corrected chi connectivity index (χ0v) is 10.0. The molecule has 0 spiro atoms. The fraction of sp³-hybridized carbons (Fsp3) is 0.0667. The molecule has 0 aromatic heterocycles. The highest BCUT2D eigenvalue weighted by Crippen LogP contribution is 2.11. The Hall–Kier alpha value is -2.42. The van der Waals surface area contributed by atoms with Gasteiger partial charge in [0.15, 0.2) is 6.29 Å². The van der Waals surface area contributed by atoms with Crippen molar-refractivity contribution in [2.45, 2.75) is 6.92 Å². The predicted molar refractivity (Wildman–Crippen MR) is 70.1 cm³/mol. The molecule has 0 saturated heterocycles. The standard InChI is InChI=1S/C8H8O.C7H6O2/c1-7-4-2-3-5-8(7)6-9;8-5-6-3-1-2-4-7(6)9/h2-6H,1H3;1-5,9H. The molecule has 3 heteroatoms. The largest absolute Gasteiger partial charge is 0.507 e. The Morgan fingerprint density at radius 2 is 1.33 bits per heavy atom. The molecule has 2 rings (SSSR count). The molecule has 0 atom stereocenters. The fourth-order valence-corrected chi connectivity index (χ4v) is 1.31. The van der Waals surface area contributed by atoms with Crippen LogP contribution in [0, 0.1) is 6.92 Å². The van der Waals surface area contributed by atoms with E-state index in [2.05, 4.69) is 0 Å². The summed E-state index contributed by atoms with van der Waals surface area (Å²) in [7, 11) is 0. The lowest BCUT2D eigenvalue weighted by molar-refractivity contribution is 0.111. The minimum absolute atomic E-state index is 0.0347. The van der Waals surface area contributed by atoms with Crippen molar-refractivity contribution in [3.05, 3.63) is 65.2 Å². The highest BCUT2D eigenvalue weighted by atomic mass is 16.3. The maximum Gasteiger partial charge on any atom is 0.153 e. The van der Waals surface area contributed by atoms with Gasteiger partial charge in [-0.05, 0) is 24.6 Å². The van der Waals surface area contributed by atoms with Crippen LogP contribution >= 0.6 is 0 Å². The Morgan fingerprint density at radius 3 is 1.72 bits per heavy atom. The number of aldehydes is 2. The third-order valence-electron chi connectivity index (χ3n) is 2.38. The molecule has 0 aliphatic carbocycles. The summed E-state index contributed by atoms with van der Waals surface area (Å²) in [5.41, 5.74) is 2.14. The van der Waals surface area contributed by atoms with Gasteiger partial charge in [0.1, 0.15) is 12.0 Å². The zero-order chi connectivity index (χ0) is 13.4. The normalized spacial score (nSPS) is 8.94. The summed E-state index contributed by atoms with van der Waals surface area (Å²) < 4.78 is 0. The van der Waals surface area contributed by atoms with E-state index in [1.807, 2.05) is 31.2 Å². The molecule has 18 heavy (non-hydrogen) atoms. The second-order valence-corrected chi connectivity index (χ2v) is 3.65. The van der Waals surface area contributed by atoms with Crippen LogP contribution in [-0.4, -0.2) is 17.7 Å². The summed E-state index contributed by atoms with van der Waals surface area (Å²) in [6.45, 7) is 1.92. The average molecular weight is 242 g/mol. The number of phenolic OH excluding ortho intramolecular Hbond substituents is 1. The van der Waals surface area contributed by atoms with E-state index in [9.17, 15) is 9.59 Å². The zero-order valence-electron chi connectivity index (χ0n) is 10.0. The fourth-order valence-electron chi connectivity index (χ4n) is 1.31. The van der Waals surface area contributed by atoms with Gasteiger partial charge in [0.2, 0.25) is 0 Å². The second kappa shape index (κ2) is 7.01. The van der Waals surface area contributed by atoms with E-state index in [0.29, 0.717) is 11.8 Å². The first kappa shape index (κ1) is 13.6. The van der Waals surface area contributed by atoms with Gasteiger partial charge in [0.05, 0.1) is 5.56 Å². The van der Waals surface area contributed by atoms with Crippen LogP contribution in [0.2, 0.25) is 0 Å². The molecule has 0 aliphatic rings. The number of para-hydroxylation sites is 1. The Labute approximate surface area is 106 Å². The highest BCUT2D eigenvalue weighted by molar-refractivity contribution is 5.78. The van der Waals surface area contributed by atoms with Crippen molar-refractivity contribution in [1.29, 1.82) is 0 Å². The summed E-state index contributed by atoms with van der Waals surface area (Å²) in [6.07, 6.45) is 1.49. The first-order valence-electron chi connectivity index (χ1n) is 5.43. The molecular formula is C15H14O3. The number of carbonyl (C=O) groups excluding carboxylic acids is 2. The third kappa shape index (κ3) is 3.87. The van der Waals surface area contributed by atoms with Crippen LogP contribution in [0.5, 0.6) is 5.75 Å². The molecule has 0 amide bonds. The summed E-state index contributed by atoms with van der Waals surface area (Å²) >= 11 is 0. The van der Waals surface area contributed by atoms with Crippen LogP contribution in [0.25, 0.3) is 0 Å². The number of aryl methyl sites for hydroxylation is 1. The van der Waals surface area contributed by atoms with Gasteiger partial charge in [-0.3, -0.25) is 9.59 Å². The van der Waals surface area contributed by atoms with E-state index in [4.69, 9.17) is 5.11 Å². The molecule has 0 fully saturated rings. The number of phenols is 1. The van der Waals surface area contributed by atoms with Gasteiger partial charge >= 0.3 is 0 Å². The van der Waals surface area contributed by atoms with E-state index in [1.165, 1.54) is 6.07 Å². The lowest BCUT2D eigenvalue weighted by Gasteiger charge is -1.92. The van der Waals surface area contributed by atoms with Crippen LogP contribution in [0.3, 0.4) is 0 Å². The van der Waals surface area contributed by atoms with Crippen LogP contribution in [0.1, 0.15) is 26.3 Å². The summed E-state index contributed by atoms with van der Waals surface area (Å²) in [5, 5.41) is 8.88. The Balaban J connectivity index is 0.000000180. The van der Waals surface area contributed by atoms with E-state index >= 15 is 0 Å². The first-order chi connectivity index (χ1) is 8.69. The van der Waals surface area contributed by atoms with Crippen molar-refractivity contribution in [3.63, 3.8) is 0 Å². The number of aromatic hydroxyl groups is 1. The van der Waals surface area contributed by atoms with E-state index in [-0.39, 0.29) is 5.75 Å². The molecule has 1 N–H and O–H groups in total. The lowest BCUT2D eigenvalue weighted by atomic mass is 10.1. The number of rotatable bonds is 2. The van der Waals surface area contributed by atoms with Crippen LogP contribution < -0.4 is 0 Å². The third-order valence-corrected chi connectivity index (χ3v) is 2.38. The monoisotopic (exact) mass is 242 g/mol. The second-order valence-electron chi connectivity index (χ2n) is 3.65. The van der Waals surface area contributed by atoms with Gasteiger partial charge in [0, 0.05) is 5.56 Å². The molecule has 92 valence electrons. The first-order valence-corrected chi connectivity index (χ1v) is 5.43. The molecule has 0 unspecified atom stereocenters. The van der Waals surface area contributed by atoms with Crippen molar-refractivity contribution in [2.24, 2.45) is 0 Å². The molecule has 0 bridgehead atoms. The number of carbonyl (C=O) groups is 2. The van der Waals surface area contributed by atoms with Crippen LogP contribution in [0.15, 0.2) is 48.5 Å². The van der Waals surface area contributed by atoms with E-state index in [0.717, 1.165) is 17.4 Å². The van der Waals surface area contributed by atoms with Crippen molar-refractivity contribution >= 4 is 12.6 Å². The minimum atomic E-state index is 0.0347. The molecule has 3 nitrogen and oxygen atoms in total. The van der Waals surface area contributed by atoms with Crippen LogP contribution in [-0.2, 0) is 0 Å². The number of hydrogen-bond donors (Lipinski definition) is 1. The average Bonchev–Trinajstić information content (AvgIpc) is 2.41. The van der Waals surface area contributed by atoms with Crippen molar-refractivity contribution < 1.29 is 14.7 Å². The summed E-state index contributed by atoms with van der Waals surface area (Å²) in [6, 6.07) is 13.9. The highest BCUT2D eigenvalue weighted by Gasteiger charge is 1.93. The molecule has 2 aromatic carbocycles. The smallest absolute Gasteiger partial charge is 0.153 e. The Bertz CT molecular complexity index is 483. The molecule has 0 saturated carbocycles. The Kier molecular flexibility index (Phi) is 5.32. The van der Waals surface area contributed by atoms with Crippen molar-refractivity contribution in [3.8, 4) is 5.75 Å². The minimum Gasteiger partial charge on any atom is -0.507 e. The molecule has 0 aliphatic heterocycles. The van der Waals surface area contributed by atoms with Crippen molar-refractivity contribution in [1.82, 2.24) is 0 Å². The van der Waals surface area contributed by atoms with Gasteiger partial charge < -0.3 is 5.11 Å². The molecule has 2 aromatic rings. The van der Waals surface area contributed by atoms with Gasteiger partial charge in [0.25, 0.3) is 0 Å². The van der Waals surface area contributed by atoms with Gasteiger partial charge in [-0.25, -0.2) is 0 Å². The van der Waals surface area contributed by atoms with E-state index < -0.39 is 0 Å². The molecule has 0 radical (unpaired) electrons. The maximum absolute atomic E-state index is 10.2. The molecular weight excluding hydrogens is 228 g/mol. The molecule has 0 heterocycles. The van der Waals surface area contributed by atoms with Crippen molar-refractivity contribution in [2.75, 3.05) is 0 Å². The maximum atomic E-state index is 10.2. The van der Waals surface area contributed by atoms with E-state index in [1.54, 1.807) is 18.2 Å². The Morgan fingerprint density at radius 1 is 0.833 bits per heavy atom. The number of hydrogen-bond acceptors (Lipinski definition) is 3. The summed E-state index contributed by atoms with van der Waals surface area (Å²) in [5.74, 6) is 0.0347. The van der Waals surface area contributed by atoms with Gasteiger partial charge in [-0.2, -0.15) is 0 Å². The number of benzene rings is 2. The topological polar surface area (TPSA) is 54.4 Å².